The summed E-state index contributed by atoms with van der Waals surface area (Å²) in [7, 11) is 0. The van der Waals surface area contributed by atoms with E-state index in [1.165, 1.54) is 12.1 Å². The minimum atomic E-state index is -2.89. The molecule has 0 radical (unpaired) electrons. The second kappa shape index (κ2) is 8.73. The van der Waals surface area contributed by atoms with Crippen molar-refractivity contribution in [2.75, 3.05) is 29.9 Å². The van der Waals surface area contributed by atoms with Gasteiger partial charge in [0.1, 0.15) is 5.82 Å². The van der Waals surface area contributed by atoms with E-state index in [1.54, 1.807) is 13.1 Å². The number of nitrogens with one attached hydrogen (secondary N) is 1. The predicted octanol–water partition coefficient (Wildman–Crippen LogP) is 4.39. The van der Waals surface area contributed by atoms with Crippen molar-refractivity contribution >= 4 is 28.3 Å². The number of anilines is 2. The molecule has 1 unspecified atom stereocenters. The number of aryl methyl sites for hydroxylation is 1. The zero-order chi connectivity index (χ0) is 24.0. The maximum atomic E-state index is 14.7. The summed E-state index contributed by atoms with van der Waals surface area (Å²) in [5.74, 6) is -0.306. The predicted molar refractivity (Wildman–Crippen MR) is 122 cm³/mol. The molecule has 2 fully saturated rings. The van der Waals surface area contributed by atoms with Crippen LogP contribution in [0.5, 0.6) is 0 Å². The molecule has 0 spiro atoms. The van der Waals surface area contributed by atoms with Crippen molar-refractivity contribution in [3.05, 3.63) is 53.1 Å². The fourth-order valence-electron chi connectivity index (χ4n) is 4.88. The van der Waals surface area contributed by atoms with Crippen LogP contribution >= 0.6 is 0 Å². The van der Waals surface area contributed by atoms with Gasteiger partial charge in [-0.3, -0.25) is 9.78 Å². The van der Waals surface area contributed by atoms with Crippen molar-refractivity contribution in [2.45, 2.75) is 45.2 Å². The quantitative estimate of drug-likeness (QED) is 0.596. The highest BCUT2D eigenvalue weighted by atomic mass is 19.3. The van der Waals surface area contributed by atoms with E-state index < -0.39 is 23.8 Å². The Morgan fingerprint density at radius 1 is 1.18 bits per heavy atom. The van der Waals surface area contributed by atoms with E-state index in [2.05, 4.69) is 25.4 Å². The van der Waals surface area contributed by atoms with Crippen molar-refractivity contribution in [1.82, 2.24) is 20.1 Å². The molecular formula is C24H25F3N6O. The number of hydrogen-bond acceptors (Lipinski definition) is 6. The summed E-state index contributed by atoms with van der Waals surface area (Å²) < 4.78 is 41.0. The number of piperazine rings is 1. The topological polar surface area (TPSA) is 74.2 Å². The zero-order valence-electron chi connectivity index (χ0n) is 18.9. The van der Waals surface area contributed by atoms with Crippen LogP contribution in [0.4, 0.5) is 24.7 Å². The molecule has 34 heavy (non-hydrogen) atoms. The van der Waals surface area contributed by atoms with Crippen LogP contribution in [-0.2, 0) is 4.79 Å². The number of rotatable bonds is 5. The van der Waals surface area contributed by atoms with Gasteiger partial charge < -0.3 is 15.1 Å². The fraction of sp³-hybridized carbons (Fsp3) is 0.417. The Labute approximate surface area is 195 Å². The second-order valence-corrected chi connectivity index (χ2v) is 8.87. The van der Waals surface area contributed by atoms with Gasteiger partial charge in [0, 0.05) is 43.0 Å². The Morgan fingerprint density at radius 2 is 1.97 bits per heavy atom. The van der Waals surface area contributed by atoms with Crippen LogP contribution in [0.3, 0.4) is 0 Å². The lowest BCUT2D eigenvalue weighted by molar-refractivity contribution is -0.129. The molecule has 178 valence electrons. The highest BCUT2D eigenvalue weighted by molar-refractivity contribution is 5.92. The van der Waals surface area contributed by atoms with Crippen LogP contribution < -0.4 is 10.2 Å². The molecule has 0 aliphatic carbocycles. The molecule has 0 saturated carbocycles. The van der Waals surface area contributed by atoms with Crippen molar-refractivity contribution in [3.8, 4) is 0 Å². The normalized spacial score (nSPS) is 19.1. The summed E-state index contributed by atoms with van der Waals surface area (Å²) in [5.41, 5.74) is 1.71. The van der Waals surface area contributed by atoms with Crippen LogP contribution in [0.15, 0.2) is 30.5 Å². The Morgan fingerprint density at radius 3 is 2.76 bits per heavy atom. The first-order valence-electron chi connectivity index (χ1n) is 11.3. The summed E-state index contributed by atoms with van der Waals surface area (Å²) in [6.07, 6.45) is 0.352. The number of aromatic nitrogens is 3. The summed E-state index contributed by atoms with van der Waals surface area (Å²) in [4.78, 5) is 20.8. The lowest BCUT2D eigenvalue weighted by Gasteiger charge is -2.38. The number of carbonyl (C=O) groups excluding carboxylic acids is 1. The minimum absolute atomic E-state index is 0.125. The molecule has 1 aromatic carbocycles. The van der Waals surface area contributed by atoms with Gasteiger partial charge in [-0.15, -0.1) is 5.10 Å². The molecule has 0 bridgehead atoms. The summed E-state index contributed by atoms with van der Waals surface area (Å²) in [6.45, 7) is 5.62. The van der Waals surface area contributed by atoms with Gasteiger partial charge >= 0.3 is 0 Å². The van der Waals surface area contributed by atoms with E-state index in [0.717, 1.165) is 24.7 Å². The first kappa shape index (κ1) is 22.4. The Kier molecular flexibility index (Phi) is 5.75. The SMILES string of the molecule is Cc1nnc(NC(C)c2cccc(C(F)F)c2F)c2cc(N3CCN4C(=O)CC[C@@H]4C3)cnc12. The molecule has 4 heterocycles. The molecule has 2 saturated heterocycles. The maximum absolute atomic E-state index is 14.7. The molecule has 3 aromatic rings. The number of fused-ring (bicyclic) bond motifs is 2. The molecule has 2 aliphatic rings. The first-order chi connectivity index (χ1) is 16.3. The molecule has 2 aliphatic heterocycles. The zero-order valence-corrected chi connectivity index (χ0v) is 18.9. The van der Waals surface area contributed by atoms with Crippen LogP contribution in [0.1, 0.15) is 49.1 Å². The summed E-state index contributed by atoms with van der Waals surface area (Å²) in [5, 5.41) is 12.3. The first-order valence-corrected chi connectivity index (χ1v) is 11.3. The second-order valence-electron chi connectivity index (χ2n) is 8.87. The van der Waals surface area contributed by atoms with Gasteiger partial charge in [-0.25, -0.2) is 13.2 Å². The number of hydrogen-bond donors (Lipinski definition) is 1. The van der Waals surface area contributed by atoms with Crippen LogP contribution in [-0.4, -0.2) is 51.7 Å². The lowest BCUT2D eigenvalue weighted by Crippen LogP contribution is -2.51. The number of carbonyl (C=O) groups is 1. The molecule has 5 rings (SSSR count). The van der Waals surface area contributed by atoms with Crippen molar-refractivity contribution in [1.29, 1.82) is 0 Å². The summed E-state index contributed by atoms with van der Waals surface area (Å²) in [6, 6.07) is 5.54. The van der Waals surface area contributed by atoms with Gasteiger partial charge in [-0.05, 0) is 26.3 Å². The minimum Gasteiger partial charge on any atom is -0.366 e. The summed E-state index contributed by atoms with van der Waals surface area (Å²) >= 11 is 0. The van der Waals surface area contributed by atoms with Crippen molar-refractivity contribution in [3.63, 3.8) is 0 Å². The Hall–Kier alpha value is -3.43. The third-order valence-electron chi connectivity index (χ3n) is 6.74. The van der Waals surface area contributed by atoms with Gasteiger partial charge in [-0.2, -0.15) is 5.10 Å². The Bertz CT molecular complexity index is 1250. The van der Waals surface area contributed by atoms with E-state index in [-0.39, 0.29) is 17.5 Å². The van der Waals surface area contributed by atoms with Crippen LogP contribution in [0.25, 0.3) is 10.9 Å². The van der Waals surface area contributed by atoms with Crippen molar-refractivity contribution < 1.29 is 18.0 Å². The monoisotopic (exact) mass is 470 g/mol. The maximum Gasteiger partial charge on any atom is 0.266 e. The molecule has 1 N–H and O–H groups in total. The number of amides is 1. The van der Waals surface area contributed by atoms with Crippen LogP contribution in [0.2, 0.25) is 0 Å². The molecule has 10 heteroatoms. The van der Waals surface area contributed by atoms with E-state index in [9.17, 15) is 18.0 Å². The van der Waals surface area contributed by atoms with E-state index in [1.807, 2.05) is 17.9 Å². The number of pyridine rings is 1. The highest BCUT2D eigenvalue weighted by Gasteiger charge is 2.35. The third-order valence-corrected chi connectivity index (χ3v) is 6.74. The van der Waals surface area contributed by atoms with E-state index in [4.69, 9.17) is 0 Å². The van der Waals surface area contributed by atoms with Gasteiger partial charge in [0.15, 0.2) is 5.82 Å². The fourth-order valence-corrected chi connectivity index (χ4v) is 4.88. The largest absolute Gasteiger partial charge is 0.366 e. The molecule has 7 nitrogen and oxygen atoms in total. The molecular weight excluding hydrogens is 445 g/mol. The average molecular weight is 470 g/mol. The third kappa shape index (κ3) is 3.91. The number of halogens is 3. The molecule has 1 amide bonds. The van der Waals surface area contributed by atoms with Crippen molar-refractivity contribution in [2.24, 2.45) is 0 Å². The van der Waals surface area contributed by atoms with E-state index in [0.29, 0.717) is 41.9 Å². The standard InChI is InChI=1S/C24H25F3N6O/c1-13(17-4-3-5-18(21(17)25)23(26)27)29-24-19-10-16(11-28-22(19)14(2)30-31-24)32-8-9-33-15(12-32)6-7-20(33)34/h3-5,10-11,13,15,23H,6-9,12H2,1-2H3,(H,29,31)/t13?,15-/m1/s1. The molecule has 2 atom stereocenters. The lowest BCUT2D eigenvalue weighted by atomic mass is 10.0. The van der Waals surface area contributed by atoms with Gasteiger partial charge in [0.25, 0.3) is 6.43 Å². The van der Waals surface area contributed by atoms with Gasteiger partial charge in [-0.1, -0.05) is 18.2 Å². The highest BCUT2D eigenvalue weighted by Crippen LogP contribution is 2.33. The Balaban J connectivity index is 1.46. The van der Waals surface area contributed by atoms with Crippen LogP contribution in [0, 0.1) is 12.7 Å². The van der Waals surface area contributed by atoms with Gasteiger partial charge in [0.05, 0.1) is 34.7 Å². The smallest absolute Gasteiger partial charge is 0.266 e. The average Bonchev–Trinajstić information content (AvgIpc) is 3.20. The van der Waals surface area contributed by atoms with Gasteiger partial charge in [0.2, 0.25) is 5.91 Å². The molecule has 2 aromatic heterocycles. The number of benzene rings is 1. The van der Waals surface area contributed by atoms with E-state index >= 15 is 0 Å². The number of nitrogens with zero attached hydrogens (tertiary/aromatic N) is 5. The number of alkyl halides is 2.